The van der Waals surface area contributed by atoms with E-state index in [1.165, 1.54) is 0 Å². The Labute approximate surface area is 198 Å². The first-order chi connectivity index (χ1) is 16.6. The molecule has 5 nitrogen and oxygen atoms in total. The van der Waals surface area contributed by atoms with E-state index in [1.54, 1.807) is 29.2 Å². The number of nitrogens with zero attached hydrogens (tertiary/aromatic N) is 1. The maximum absolute atomic E-state index is 13.5. The number of aryl methyl sites for hydroxylation is 1. The van der Waals surface area contributed by atoms with E-state index in [1.807, 2.05) is 79.7 Å². The van der Waals surface area contributed by atoms with Gasteiger partial charge < -0.3 is 15.0 Å². The van der Waals surface area contributed by atoms with Crippen LogP contribution in [0.3, 0.4) is 0 Å². The van der Waals surface area contributed by atoms with Crippen LogP contribution in [0.1, 0.15) is 27.0 Å². The van der Waals surface area contributed by atoms with Crippen molar-refractivity contribution >= 4 is 23.2 Å². The highest BCUT2D eigenvalue weighted by Gasteiger charge is 2.26. The van der Waals surface area contributed by atoms with Gasteiger partial charge in [-0.25, -0.2) is 0 Å². The van der Waals surface area contributed by atoms with Crippen molar-refractivity contribution in [3.63, 3.8) is 0 Å². The van der Waals surface area contributed by atoms with Crippen molar-refractivity contribution < 1.29 is 14.3 Å². The lowest BCUT2D eigenvalue weighted by molar-refractivity contribution is -0.115. The van der Waals surface area contributed by atoms with E-state index >= 15 is 0 Å². The summed E-state index contributed by atoms with van der Waals surface area (Å²) in [4.78, 5) is 27.7. The van der Waals surface area contributed by atoms with E-state index in [-0.39, 0.29) is 11.8 Å². The smallest absolute Gasteiger partial charge is 0.258 e. The molecule has 1 N–H and O–H groups in total. The van der Waals surface area contributed by atoms with E-state index in [0.717, 1.165) is 28.1 Å². The largest absolute Gasteiger partial charge is 0.455 e. The first-order valence-corrected chi connectivity index (χ1v) is 11.2. The van der Waals surface area contributed by atoms with Crippen LogP contribution in [0.25, 0.3) is 0 Å². The summed E-state index contributed by atoms with van der Waals surface area (Å²) in [5.74, 6) is 1.16. The van der Waals surface area contributed by atoms with Crippen LogP contribution in [0.4, 0.5) is 11.4 Å². The van der Waals surface area contributed by atoms with Gasteiger partial charge in [-0.3, -0.25) is 9.59 Å². The van der Waals surface area contributed by atoms with Crippen LogP contribution in [0.5, 0.6) is 11.5 Å². The van der Waals surface area contributed by atoms with E-state index in [9.17, 15) is 9.59 Å². The summed E-state index contributed by atoms with van der Waals surface area (Å²) >= 11 is 0. The highest BCUT2D eigenvalue weighted by molar-refractivity contribution is 6.07. The monoisotopic (exact) mass is 448 g/mol. The molecule has 0 saturated carbocycles. The third kappa shape index (κ3) is 4.41. The van der Waals surface area contributed by atoms with E-state index in [2.05, 4.69) is 5.32 Å². The number of para-hydroxylation sites is 3. The van der Waals surface area contributed by atoms with Gasteiger partial charge in [0.05, 0.1) is 18.7 Å². The van der Waals surface area contributed by atoms with Crippen molar-refractivity contribution in [2.24, 2.45) is 0 Å². The number of hydrogen-bond donors (Lipinski definition) is 1. The van der Waals surface area contributed by atoms with Crippen molar-refractivity contribution in [1.29, 1.82) is 0 Å². The number of fused-ring (bicyclic) bond motifs is 2. The number of rotatable bonds is 4. The second-order valence-electron chi connectivity index (χ2n) is 8.30. The summed E-state index contributed by atoms with van der Waals surface area (Å²) in [6.45, 7) is 2.40. The second kappa shape index (κ2) is 9.24. The molecule has 1 aliphatic rings. The Balaban J connectivity index is 1.35. The highest BCUT2D eigenvalue weighted by Crippen LogP contribution is 2.39. The lowest BCUT2D eigenvalue weighted by atomic mass is 10.1. The van der Waals surface area contributed by atoms with Gasteiger partial charge in [0, 0.05) is 16.8 Å². The van der Waals surface area contributed by atoms with Gasteiger partial charge in [0.2, 0.25) is 5.91 Å². The van der Waals surface area contributed by atoms with Gasteiger partial charge in [0.1, 0.15) is 5.75 Å². The van der Waals surface area contributed by atoms with Crippen molar-refractivity contribution in [1.82, 2.24) is 0 Å². The van der Waals surface area contributed by atoms with Gasteiger partial charge in [-0.05, 0) is 60.5 Å². The normalized spacial score (nSPS) is 12.1. The van der Waals surface area contributed by atoms with E-state index < -0.39 is 0 Å². The van der Waals surface area contributed by atoms with Crippen LogP contribution in [0.2, 0.25) is 0 Å². The summed E-state index contributed by atoms with van der Waals surface area (Å²) in [5, 5.41) is 2.92. The third-order valence-corrected chi connectivity index (χ3v) is 5.95. The van der Waals surface area contributed by atoms with Gasteiger partial charge in [-0.2, -0.15) is 0 Å². The maximum atomic E-state index is 13.5. The molecule has 0 atom stereocenters. The molecular formula is C29H24N2O3. The number of carbonyl (C=O) groups excluding carboxylic acids is 2. The Morgan fingerprint density at radius 3 is 2.29 bits per heavy atom. The average molecular weight is 449 g/mol. The van der Waals surface area contributed by atoms with E-state index in [0.29, 0.717) is 30.0 Å². The SMILES string of the molecule is Cc1ccccc1CC(=O)Nc1ccc(C(=O)N2Cc3ccccc3Oc3ccccc32)cc1. The van der Waals surface area contributed by atoms with Crippen molar-refractivity contribution in [2.75, 3.05) is 10.2 Å². The highest BCUT2D eigenvalue weighted by atomic mass is 16.5. The predicted molar refractivity (Wildman–Crippen MR) is 133 cm³/mol. The second-order valence-corrected chi connectivity index (χ2v) is 8.30. The molecule has 0 aliphatic carbocycles. The van der Waals surface area contributed by atoms with Crippen molar-refractivity contribution in [2.45, 2.75) is 19.9 Å². The molecule has 5 heteroatoms. The molecule has 0 bridgehead atoms. The van der Waals surface area contributed by atoms with Crippen LogP contribution in [0.15, 0.2) is 97.1 Å². The Morgan fingerprint density at radius 1 is 0.824 bits per heavy atom. The standard InChI is InChI=1S/C29H24N2O3/c1-20-8-2-3-9-22(20)18-28(32)30-24-16-14-21(15-17-24)29(33)31-19-23-10-4-6-12-26(23)34-27-13-7-5-11-25(27)31/h2-17H,18-19H2,1H3,(H,30,32). The quantitative estimate of drug-likeness (QED) is 0.409. The number of ether oxygens (including phenoxy) is 1. The van der Waals surface area contributed by atoms with Crippen LogP contribution in [-0.4, -0.2) is 11.8 Å². The zero-order valence-electron chi connectivity index (χ0n) is 18.8. The molecule has 4 aromatic rings. The Kier molecular flexibility index (Phi) is 5.83. The van der Waals surface area contributed by atoms with Gasteiger partial charge in [0.15, 0.2) is 5.75 Å². The maximum Gasteiger partial charge on any atom is 0.258 e. The molecule has 1 heterocycles. The third-order valence-electron chi connectivity index (χ3n) is 5.95. The molecule has 4 aromatic carbocycles. The molecule has 0 radical (unpaired) electrons. The summed E-state index contributed by atoms with van der Waals surface area (Å²) in [5.41, 5.74) is 4.92. The van der Waals surface area contributed by atoms with Gasteiger partial charge >= 0.3 is 0 Å². The predicted octanol–water partition coefficient (Wildman–Crippen LogP) is 6.13. The minimum atomic E-state index is -0.134. The molecule has 5 rings (SSSR count). The molecular weight excluding hydrogens is 424 g/mol. The molecule has 0 spiro atoms. The zero-order valence-corrected chi connectivity index (χ0v) is 18.8. The van der Waals surface area contributed by atoms with Crippen LogP contribution < -0.4 is 15.0 Å². The van der Waals surface area contributed by atoms with Gasteiger partial charge in [-0.1, -0.05) is 54.6 Å². The summed E-state index contributed by atoms with van der Waals surface area (Å²) < 4.78 is 6.10. The fourth-order valence-electron chi connectivity index (χ4n) is 4.09. The fourth-order valence-corrected chi connectivity index (χ4v) is 4.09. The first kappa shape index (κ1) is 21.5. The number of nitrogens with one attached hydrogen (secondary N) is 1. The van der Waals surface area contributed by atoms with Crippen molar-refractivity contribution in [3.8, 4) is 11.5 Å². The lowest BCUT2D eigenvalue weighted by Crippen LogP contribution is -2.29. The molecule has 168 valence electrons. The van der Waals surface area contributed by atoms with Crippen LogP contribution in [-0.2, 0) is 17.8 Å². The minimum absolute atomic E-state index is 0.0939. The topological polar surface area (TPSA) is 58.6 Å². The van der Waals surface area contributed by atoms with E-state index in [4.69, 9.17) is 4.74 Å². The van der Waals surface area contributed by atoms with Crippen LogP contribution >= 0.6 is 0 Å². The molecule has 0 saturated heterocycles. The number of carbonyl (C=O) groups is 2. The van der Waals surface area contributed by atoms with Crippen LogP contribution in [0, 0.1) is 6.92 Å². The summed E-state index contributed by atoms with van der Waals surface area (Å²) in [6, 6.07) is 30.1. The average Bonchev–Trinajstić information content (AvgIpc) is 3.02. The molecule has 0 fully saturated rings. The van der Waals surface area contributed by atoms with Gasteiger partial charge in [-0.15, -0.1) is 0 Å². The molecule has 1 aliphatic heterocycles. The molecule has 0 aromatic heterocycles. The number of anilines is 2. The Morgan fingerprint density at radius 2 is 1.50 bits per heavy atom. The minimum Gasteiger partial charge on any atom is -0.455 e. The lowest BCUT2D eigenvalue weighted by Gasteiger charge is -2.22. The van der Waals surface area contributed by atoms with Crippen molar-refractivity contribution in [3.05, 3.63) is 119 Å². The summed E-state index contributed by atoms with van der Waals surface area (Å²) in [7, 11) is 0. The molecule has 2 amide bonds. The summed E-state index contributed by atoms with van der Waals surface area (Å²) in [6.07, 6.45) is 0.303. The fraction of sp³-hybridized carbons (Fsp3) is 0.103. The number of amides is 2. The first-order valence-electron chi connectivity index (χ1n) is 11.2. The number of hydrogen-bond acceptors (Lipinski definition) is 3. The Hall–Kier alpha value is -4.38. The Bertz CT molecular complexity index is 1360. The van der Waals surface area contributed by atoms with Gasteiger partial charge in [0.25, 0.3) is 5.91 Å². The molecule has 0 unspecified atom stereocenters. The molecule has 34 heavy (non-hydrogen) atoms. The zero-order chi connectivity index (χ0) is 23.5. The number of benzene rings is 4.